The van der Waals surface area contributed by atoms with Crippen molar-refractivity contribution in [2.75, 3.05) is 13.7 Å². The summed E-state index contributed by atoms with van der Waals surface area (Å²) in [5, 5.41) is 23.0. The first-order valence-electron chi connectivity index (χ1n) is 15.7. The smallest absolute Gasteiger partial charge is 0.331 e. The van der Waals surface area contributed by atoms with Crippen LogP contribution in [0.1, 0.15) is 78.6 Å². The normalized spacial score (nSPS) is 50.1. The summed E-state index contributed by atoms with van der Waals surface area (Å²) in [6.45, 7) is 5.54. The van der Waals surface area contributed by atoms with Gasteiger partial charge < -0.3 is 38.7 Å². The maximum absolute atomic E-state index is 13.1. The quantitative estimate of drug-likeness (QED) is 0.270. The fraction of sp³-hybridized carbons (Fsp3) is 0.844. The second-order valence-corrected chi connectivity index (χ2v) is 14.0. The largest absolute Gasteiger partial charge is 0.458 e. The minimum absolute atomic E-state index is 0.0265. The van der Waals surface area contributed by atoms with Crippen LogP contribution in [-0.2, 0) is 38.1 Å². The van der Waals surface area contributed by atoms with Crippen LogP contribution in [0.5, 0.6) is 0 Å². The predicted octanol–water partition coefficient (Wildman–Crippen LogP) is 2.86. The predicted molar refractivity (Wildman–Crippen MR) is 148 cm³/mol. The maximum atomic E-state index is 13.1. The van der Waals surface area contributed by atoms with E-state index in [1.165, 1.54) is 20.3 Å². The fourth-order valence-corrected chi connectivity index (χ4v) is 10.3. The minimum Gasteiger partial charge on any atom is -0.458 e. The van der Waals surface area contributed by atoms with Crippen LogP contribution in [0, 0.1) is 34.5 Å². The number of carbonyl (C=O) groups is 3. The Hall–Kier alpha value is -1.85. The number of aldehydes is 1. The van der Waals surface area contributed by atoms with Crippen molar-refractivity contribution >= 4 is 18.2 Å². The van der Waals surface area contributed by atoms with E-state index in [-0.39, 0.29) is 41.2 Å². The molecule has 4 saturated carbocycles. The van der Waals surface area contributed by atoms with E-state index in [0.29, 0.717) is 32.3 Å². The van der Waals surface area contributed by atoms with Gasteiger partial charge in [0.15, 0.2) is 12.4 Å². The number of ether oxygens (including phenoxy) is 5. The number of carbonyl (C=O) groups excluding carboxylic acids is 3. The Morgan fingerprint density at radius 3 is 2.55 bits per heavy atom. The molecule has 2 heterocycles. The highest BCUT2D eigenvalue weighted by molar-refractivity contribution is 5.85. The maximum Gasteiger partial charge on any atom is 0.331 e. The second kappa shape index (κ2) is 10.9. The second-order valence-electron chi connectivity index (χ2n) is 14.0. The highest BCUT2D eigenvalue weighted by Gasteiger charge is 2.68. The van der Waals surface area contributed by atoms with Gasteiger partial charge in [0.25, 0.3) is 0 Å². The van der Waals surface area contributed by atoms with Crippen molar-refractivity contribution in [1.82, 2.24) is 0 Å². The highest BCUT2D eigenvalue weighted by Crippen LogP contribution is 2.69. The standard InChI is InChI=1S/C32H46O10/c1-17-26(36)27(38-4)28(41-18(2)34)29(40-17)42-21-7-11-31(16-33)20(14-21)5-6-24-23(31)8-10-30(3)22(9-12-32(24,30)37)19-13-25(35)39-15-19/h13,16-17,20-24,26-29,36-37H,5-12,14-15H2,1-4H3/t17-,20+,21-,22+,23-,24+,26-,27+,28-,29-,30+,31+,32-/m0/s1. The van der Waals surface area contributed by atoms with Gasteiger partial charge in [-0.15, -0.1) is 0 Å². The van der Waals surface area contributed by atoms with Gasteiger partial charge >= 0.3 is 11.9 Å². The molecule has 1 saturated heterocycles. The zero-order valence-electron chi connectivity index (χ0n) is 25.2. The Morgan fingerprint density at radius 1 is 1.10 bits per heavy atom. The molecule has 0 amide bonds. The number of cyclic esters (lactones) is 1. The summed E-state index contributed by atoms with van der Waals surface area (Å²) in [5.74, 6) is -0.462. The van der Waals surface area contributed by atoms with Gasteiger partial charge in [0.2, 0.25) is 0 Å². The van der Waals surface area contributed by atoms with E-state index >= 15 is 0 Å². The highest BCUT2D eigenvalue weighted by atomic mass is 16.7. The van der Waals surface area contributed by atoms with Crippen LogP contribution in [0.2, 0.25) is 0 Å². The van der Waals surface area contributed by atoms with Crippen molar-refractivity contribution in [3.05, 3.63) is 11.6 Å². The third kappa shape index (κ3) is 4.50. The lowest BCUT2D eigenvalue weighted by Gasteiger charge is -2.63. The molecule has 0 aromatic carbocycles. The average molecular weight is 591 g/mol. The number of esters is 2. The molecule has 13 atom stereocenters. The van der Waals surface area contributed by atoms with Crippen LogP contribution in [0.4, 0.5) is 0 Å². The molecule has 2 aliphatic heterocycles. The van der Waals surface area contributed by atoms with E-state index in [1.54, 1.807) is 13.0 Å². The summed E-state index contributed by atoms with van der Waals surface area (Å²) in [6, 6.07) is 0. The van der Waals surface area contributed by atoms with Crippen molar-refractivity contribution in [3.63, 3.8) is 0 Å². The molecule has 0 spiro atoms. The third-order valence-electron chi connectivity index (χ3n) is 12.4. The summed E-state index contributed by atoms with van der Waals surface area (Å²) in [7, 11) is 1.46. The van der Waals surface area contributed by atoms with Gasteiger partial charge in [0, 0.05) is 30.9 Å². The van der Waals surface area contributed by atoms with Gasteiger partial charge in [-0.2, -0.15) is 0 Å². The minimum atomic E-state index is -0.973. The molecule has 5 fully saturated rings. The van der Waals surface area contributed by atoms with Crippen molar-refractivity contribution in [2.45, 2.75) is 121 Å². The van der Waals surface area contributed by atoms with Crippen molar-refractivity contribution in [2.24, 2.45) is 34.5 Å². The van der Waals surface area contributed by atoms with Crippen LogP contribution in [0.3, 0.4) is 0 Å². The Balaban J connectivity index is 1.19. The number of hydrogen-bond acceptors (Lipinski definition) is 10. The molecule has 0 unspecified atom stereocenters. The lowest BCUT2D eigenvalue weighted by molar-refractivity contribution is -0.315. The number of aliphatic hydroxyl groups excluding tert-OH is 1. The molecule has 10 heteroatoms. The first-order chi connectivity index (χ1) is 20.0. The molecule has 0 aromatic rings. The van der Waals surface area contributed by atoms with Crippen molar-refractivity contribution in [3.8, 4) is 0 Å². The summed E-state index contributed by atoms with van der Waals surface area (Å²) < 4.78 is 28.7. The number of hydrogen-bond donors (Lipinski definition) is 2. The van der Waals surface area contributed by atoms with Crippen molar-refractivity contribution in [1.29, 1.82) is 0 Å². The van der Waals surface area contributed by atoms with Gasteiger partial charge in [0.05, 0.1) is 17.8 Å². The molecule has 0 bridgehead atoms. The van der Waals surface area contributed by atoms with Crippen LogP contribution >= 0.6 is 0 Å². The molecule has 2 N–H and O–H groups in total. The third-order valence-corrected chi connectivity index (χ3v) is 12.4. The lowest BCUT2D eigenvalue weighted by atomic mass is 9.43. The Bertz CT molecular complexity index is 1120. The monoisotopic (exact) mass is 590 g/mol. The van der Waals surface area contributed by atoms with Crippen LogP contribution in [0.25, 0.3) is 0 Å². The van der Waals surface area contributed by atoms with Gasteiger partial charge in [-0.05, 0) is 94.0 Å². The van der Waals surface area contributed by atoms with E-state index in [4.69, 9.17) is 23.7 Å². The van der Waals surface area contributed by atoms with Gasteiger partial charge in [-0.3, -0.25) is 4.79 Å². The van der Waals surface area contributed by atoms with Crippen LogP contribution in [-0.4, -0.2) is 84.6 Å². The van der Waals surface area contributed by atoms with Crippen LogP contribution < -0.4 is 0 Å². The molecular weight excluding hydrogens is 544 g/mol. The number of methoxy groups -OCH3 is 1. The molecule has 4 aliphatic carbocycles. The SMILES string of the molecule is CO[C@@H]1[C@@H](O)[C@H](C)O[C@@H](O[C@H]2CC[C@@]3(C=O)[C@H](CC[C@@H]4[C@@H]3CC[C@]3(C)[C@@H](C5=CC(=O)OC5)CC[C@]43O)C2)[C@H]1OC(C)=O. The Kier molecular flexibility index (Phi) is 7.87. The molecule has 6 rings (SSSR count). The van der Waals surface area contributed by atoms with E-state index in [0.717, 1.165) is 37.7 Å². The van der Waals surface area contributed by atoms with Gasteiger partial charge in [0.1, 0.15) is 25.1 Å². The first-order valence-corrected chi connectivity index (χ1v) is 15.7. The number of rotatable bonds is 6. The van der Waals surface area contributed by atoms with E-state index < -0.39 is 47.7 Å². The topological polar surface area (TPSA) is 138 Å². The molecule has 6 aliphatic rings. The number of aliphatic hydroxyl groups is 2. The van der Waals surface area contributed by atoms with Crippen LogP contribution in [0.15, 0.2) is 11.6 Å². The summed E-state index contributed by atoms with van der Waals surface area (Å²) in [4.78, 5) is 36.8. The first kappa shape index (κ1) is 30.2. The molecule has 234 valence electrons. The van der Waals surface area contributed by atoms with E-state index in [1.807, 2.05) is 0 Å². The summed E-state index contributed by atoms with van der Waals surface area (Å²) >= 11 is 0. The zero-order chi connectivity index (χ0) is 30.0. The van der Waals surface area contributed by atoms with Crippen molar-refractivity contribution < 1.29 is 48.3 Å². The van der Waals surface area contributed by atoms with Gasteiger partial charge in [-0.25, -0.2) is 4.79 Å². The fourth-order valence-electron chi connectivity index (χ4n) is 10.3. The molecule has 0 aromatic heterocycles. The Morgan fingerprint density at radius 2 is 1.88 bits per heavy atom. The number of fused-ring (bicyclic) bond motifs is 5. The molecular formula is C32H46O10. The van der Waals surface area contributed by atoms with E-state index in [2.05, 4.69) is 6.92 Å². The molecule has 42 heavy (non-hydrogen) atoms. The Labute approximate surface area is 247 Å². The zero-order valence-corrected chi connectivity index (χ0v) is 25.2. The lowest BCUT2D eigenvalue weighted by Crippen LogP contribution is -2.64. The average Bonchev–Trinajstić information content (AvgIpc) is 3.50. The summed E-state index contributed by atoms with van der Waals surface area (Å²) in [6.07, 6.45) is 5.29. The molecule has 10 nitrogen and oxygen atoms in total. The summed E-state index contributed by atoms with van der Waals surface area (Å²) in [5.41, 5.74) is -0.761. The molecule has 0 radical (unpaired) electrons. The van der Waals surface area contributed by atoms with Gasteiger partial charge in [-0.1, -0.05) is 6.92 Å². The van der Waals surface area contributed by atoms with E-state index in [9.17, 15) is 24.6 Å².